The van der Waals surface area contributed by atoms with Gasteiger partial charge in [-0.2, -0.15) is 0 Å². The van der Waals surface area contributed by atoms with Crippen LogP contribution in [0.15, 0.2) is 48.0 Å². The standard InChI is InChI=1S/C37H48ClN5O4/c1-25-22-27(23-26(2)34(25)38)24-33(35(44)29-7-5-8-30(11-10-29)41-20-15-39-16-21-41)47-37(46)42-17-13-31(14-18-42)43-19-12-28-6-3-4-9-32(28)40-36(43)45/h3-4,6-7,9,22-23,30-31,33,39H,5,8,10-21,24H2,1-2H3,(H,40,45). The third kappa shape index (κ3) is 8.02. The Bertz CT molecular complexity index is 1470. The van der Waals surface area contributed by atoms with Crippen molar-refractivity contribution in [2.24, 2.45) is 0 Å². The molecule has 252 valence electrons. The largest absolute Gasteiger partial charge is 0.437 e. The zero-order valence-corrected chi connectivity index (χ0v) is 28.5. The van der Waals surface area contributed by atoms with E-state index in [-0.39, 0.29) is 17.9 Å². The molecule has 3 amide bonds. The summed E-state index contributed by atoms with van der Waals surface area (Å²) in [6.45, 7) is 9.57. The summed E-state index contributed by atoms with van der Waals surface area (Å²) in [6, 6.07) is 12.3. The molecule has 3 heterocycles. The monoisotopic (exact) mass is 661 g/mol. The van der Waals surface area contributed by atoms with Crippen LogP contribution in [0.2, 0.25) is 5.02 Å². The van der Waals surface area contributed by atoms with Crippen LogP contribution in [-0.4, -0.2) is 96.6 Å². The first-order valence-electron chi connectivity index (χ1n) is 17.3. The number of carbonyl (C=O) groups excluding carboxylic acids is 3. The first kappa shape index (κ1) is 33.5. The normalized spacial score (nSPS) is 22.0. The van der Waals surface area contributed by atoms with Crippen molar-refractivity contribution in [3.05, 3.63) is 75.3 Å². The number of piperazine rings is 1. The molecule has 9 nitrogen and oxygen atoms in total. The minimum atomic E-state index is -0.919. The molecule has 47 heavy (non-hydrogen) atoms. The maximum atomic E-state index is 14.1. The number of halogens is 1. The van der Waals surface area contributed by atoms with Crippen LogP contribution in [-0.2, 0) is 22.4 Å². The van der Waals surface area contributed by atoms with Gasteiger partial charge in [0, 0.05) is 75.0 Å². The second-order valence-corrected chi connectivity index (χ2v) is 13.9. The van der Waals surface area contributed by atoms with Gasteiger partial charge in [0.2, 0.25) is 0 Å². The van der Waals surface area contributed by atoms with Crippen LogP contribution in [0.1, 0.15) is 60.8 Å². The Labute approximate surface area is 283 Å². The summed E-state index contributed by atoms with van der Waals surface area (Å²) >= 11 is 6.46. The molecule has 2 N–H and O–H groups in total. The van der Waals surface area contributed by atoms with Gasteiger partial charge in [-0.25, -0.2) is 9.59 Å². The molecular weight excluding hydrogens is 614 g/mol. The zero-order chi connectivity index (χ0) is 32.9. The number of anilines is 1. The topological polar surface area (TPSA) is 94.2 Å². The van der Waals surface area contributed by atoms with E-state index in [4.69, 9.17) is 16.3 Å². The number of piperidine rings is 1. The smallest absolute Gasteiger partial charge is 0.410 e. The Kier molecular flexibility index (Phi) is 10.8. The van der Waals surface area contributed by atoms with Gasteiger partial charge in [0.1, 0.15) is 0 Å². The molecule has 0 aromatic heterocycles. The van der Waals surface area contributed by atoms with Gasteiger partial charge in [-0.3, -0.25) is 9.69 Å². The molecule has 2 fully saturated rings. The number of ether oxygens (including phenoxy) is 1. The summed E-state index contributed by atoms with van der Waals surface area (Å²) in [4.78, 5) is 47.1. The molecule has 0 saturated carbocycles. The number of benzene rings is 2. The lowest BCUT2D eigenvalue weighted by atomic mass is 9.95. The van der Waals surface area contributed by atoms with E-state index < -0.39 is 12.2 Å². The lowest BCUT2D eigenvalue weighted by Crippen LogP contribution is -2.50. The van der Waals surface area contributed by atoms with Crippen LogP contribution >= 0.6 is 11.6 Å². The van der Waals surface area contributed by atoms with E-state index in [0.29, 0.717) is 56.4 Å². The van der Waals surface area contributed by atoms with Gasteiger partial charge in [-0.15, -0.1) is 0 Å². The van der Waals surface area contributed by atoms with E-state index in [1.807, 2.05) is 49.1 Å². The summed E-state index contributed by atoms with van der Waals surface area (Å²) in [7, 11) is 0. The number of nitrogens with one attached hydrogen (secondary N) is 2. The fourth-order valence-electron chi connectivity index (χ4n) is 7.71. The van der Waals surface area contributed by atoms with Crippen LogP contribution < -0.4 is 10.6 Å². The van der Waals surface area contributed by atoms with E-state index >= 15 is 0 Å². The third-order valence-electron chi connectivity index (χ3n) is 10.4. The molecule has 2 saturated heterocycles. The van der Waals surface area contributed by atoms with Crippen LogP contribution in [0.5, 0.6) is 0 Å². The molecule has 4 aliphatic rings. The summed E-state index contributed by atoms with van der Waals surface area (Å²) in [5.41, 5.74) is 5.58. The van der Waals surface area contributed by atoms with E-state index in [9.17, 15) is 14.4 Å². The van der Waals surface area contributed by atoms with Crippen molar-refractivity contribution in [2.75, 3.05) is 51.1 Å². The highest BCUT2D eigenvalue weighted by Gasteiger charge is 2.35. The number of urea groups is 1. The predicted octanol–water partition coefficient (Wildman–Crippen LogP) is 5.90. The molecule has 2 unspecified atom stereocenters. The maximum Gasteiger partial charge on any atom is 0.410 e. The van der Waals surface area contributed by atoms with Gasteiger partial charge in [0.05, 0.1) is 0 Å². The number of amides is 3. The van der Waals surface area contributed by atoms with Crippen molar-refractivity contribution in [2.45, 2.75) is 83.4 Å². The number of ketones is 1. The number of hydrogen-bond donors (Lipinski definition) is 2. The molecule has 0 radical (unpaired) electrons. The summed E-state index contributed by atoms with van der Waals surface area (Å²) in [6.07, 6.45) is 6.60. The number of likely N-dealkylation sites (tertiary alicyclic amines) is 1. The van der Waals surface area contributed by atoms with Gasteiger partial charge in [-0.1, -0.05) is 48.0 Å². The van der Waals surface area contributed by atoms with Crippen LogP contribution in [0.3, 0.4) is 0 Å². The molecule has 3 aliphatic heterocycles. The van der Waals surface area contributed by atoms with Crippen molar-refractivity contribution >= 4 is 35.2 Å². The second kappa shape index (κ2) is 15.2. The molecule has 6 rings (SSSR count). The van der Waals surface area contributed by atoms with Crippen LogP contribution in [0, 0.1) is 13.8 Å². The van der Waals surface area contributed by atoms with Crippen LogP contribution in [0.4, 0.5) is 15.3 Å². The lowest BCUT2D eigenvalue weighted by Gasteiger charge is -2.37. The number of carbonyl (C=O) groups is 3. The fraction of sp³-hybridized carbons (Fsp3) is 0.541. The Morgan fingerprint density at radius 2 is 1.66 bits per heavy atom. The molecule has 2 aromatic rings. The van der Waals surface area contributed by atoms with Gasteiger partial charge < -0.3 is 25.2 Å². The van der Waals surface area contributed by atoms with Crippen molar-refractivity contribution in [1.29, 1.82) is 0 Å². The van der Waals surface area contributed by atoms with Crippen molar-refractivity contribution in [3.63, 3.8) is 0 Å². The van der Waals surface area contributed by atoms with Gasteiger partial charge >= 0.3 is 12.1 Å². The average molecular weight is 662 g/mol. The molecule has 0 bridgehead atoms. The second-order valence-electron chi connectivity index (χ2n) is 13.5. The quantitative estimate of drug-likeness (QED) is 0.384. The Morgan fingerprint density at radius 3 is 2.40 bits per heavy atom. The van der Waals surface area contributed by atoms with Gasteiger partial charge in [0.25, 0.3) is 0 Å². The Hall–Kier alpha value is -3.40. The van der Waals surface area contributed by atoms with E-state index in [0.717, 1.165) is 85.4 Å². The highest BCUT2D eigenvalue weighted by molar-refractivity contribution is 6.32. The molecule has 10 heteroatoms. The summed E-state index contributed by atoms with van der Waals surface area (Å²) in [5.74, 6) is -0.0970. The first-order chi connectivity index (χ1) is 22.8. The van der Waals surface area contributed by atoms with Crippen molar-refractivity contribution in [1.82, 2.24) is 20.0 Å². The zero-order valence-electron chi connectivity index (χ0n) is 27.7. The van der Waals surface area contributed by atoms with E-state index in [1.165, 1.54) is 0 Å². The predicted molar refractivity (Wildman–Crippen MR) is 185 cm³/mol. The number of aryl methyl sites for hydroxylation is 2. The van der Waals surface area contributed by atoms with E-state index in [1.54, 1.807) is 4.90 Å². The molecule has 2 aromatic carbocycles. The number of hydrogen-bond acceptors (Lipinski definition) is 6. The number of Topliss-reactive ketones (excluding diaryl/α,β-unsaturated/α-hetero) is 1. The molecule has 0 spiro atoms. The number of allylic oxidation sites excluding steroid dienone is 1. The van der Waals surface area contributed by atoms with Gasteiger partial charge in [0.15, 0.2) is 11.9 Å². The van der Waals surface area contributed by atoms with Crippen molar-refractivity contribution < 1.29 is 19.1 Å². The first-order valence-corrected chi connectivity index (χ1v) is 17.7. The Morgan fingerprint density at radius 1 is 0.936 bits per heavy atom. The summed E-state index contributed by atoms with van der Waals surface area (Å²) in [5, 5.41) is 7.20. The highest BCUT2D eigenvalue weighted by atomic mass is 35.5. The molecule has 1 aliphatic carbocycles. The fourth-order valence-corrected chi connectivity index (χ4v) is 7.82. The number of nitrogens with zero attached hydrogens (tertiary/aromatic N) is 3. The maximum absolute atomic E-state index is 14.1. The lowest BCUT2D eigenvalue weighted by molar-refractivity contribution is -0.124. The Balaban J connectivity index is 1.11. The van der Waals surface area contributed by atoms with Crippen molar-refractivity contribution in [3.8, 4) is 0 Å². The minimum Gasteiger partial charge on any atom is -0.437 e. The highest BCUT2D eigenvalue weighted by Crippen LogP contribution is 2.29. The molecular formula is C37H48ClN5O4. The minimum absolute atomic E-state index is 0.0329. The average Bonchev–Trinajstić information content (AvgIpc) is 3.43. The number of para-hydroxylation sites is 1. The molecule has 2 atom stereocenters. The SMILES string of the molecule is Cc1cc(CC(OC(=O)N2CCC(N3CCc4ccccc4NC3=O)CC2)C(=O)C2=CCCC(N3CCNCC3)CC2)cc(C)c1Cl. The summed E-state index contributed by atoms with van der Waals surface area (Å²) < 4.78 is 6.12. The van der Waals surface area contributed by atoms with E-state index in [2.05, 4.69) is 27.7 Å². The van der Waals surface area contributed by atoms with Crippen LogP contribution in [0.25, 0.3) is 0 Å². The number of rotatable bonds is 7. The number of fused-ring (bicyclic) bond motifs is 1. The van der Waals surface area contributed by atoms with Gasteiger partial charge in [-0.05, 0) is 92.7 Å². The third-order valence-corrected chi connectivity index (χ3v) is 11.0.